The van der Waals surface area contributed by atoms with Gasteiger partial charge in [-0.15, -0.1) is 0 Å². The van der Waals surface area contributed by atoms with Crippen LogP contribution in [-0.4, -0.2) is 11.3 Å². The quantitative estimate of drug-likeness (QED) is 0.911. The topological polar surface area (TPSA) is 61.3 Å². The van der Waals surface area contributed by atoms with Crippen molar-refractivity contribution >= 4 is 0 Å². The summed E-state index contributed by atoms with van der Waals surface area (Å²) in [5.74, 6) is 0.519. The number of hydrogen-bond donors (Lipinski definition) is 1. The third kappa shape index (κ3) is 3.04. The minimum Gasteiger partial charge on any atom is -0.433 e. The van der Waals surface area contributed by atoms with Gasteiger partial charge in [0.05, 0.1) is 5.69 Å². The van der Waals surface area contributed by atoms with E-state index in [1.807, 2.05) is 0 Å². The highest BCUT2D eigenvalue weighted by molar-refractivity contribution is 5.59. The number of aromatic nitrogens is 1. The lowest BCUT2D eigenvalue weighted by Gasteiger charge is -2.13. The Balaban J connectivity index is 2.26. The minimum atomic E-state index is -3.22. The molecule has 2 rings (SSSR count). The summed E-state index contributed by atoms with van der Waals surface area (Å²) in [6.07, 6.45) is -3.22. The fourth-order valence-corrected chi connectivity index (χ4v) is 1.46. The van der Waals surface area contributed by atoms with Gasteiger partial charge in [-0.2, -0.15) is 8.78 Å². The monoisotopic (exact) mass is 254 g/mol. The first kappa shape index (κ1) is 12.5. The van der Waals surface area contributed by atoms with E-state index in [0.29, 0.717) is 23.9 Å². The maximum Gasteiger partial charge on any atom is 0.394 e. The number of rotatable bonds is 4. The molecule has 0 saturated carbocycles. The Morgan fingerprint density at radius 2 is 2.17 bits per heavy atom. The van der Waals surface area contributed by atoms with Gasteiger partial charge < -0.3 is 15.0 Å². The van der Waals surface area contributed by atoms with Crippen LogP contribution < -0.4 is 10.5 Å². The van der Waals surface area contributed by atoms with E-state index in [4.69, 9.17) is 10.3 Å². The molecule has 6 heteroatoms. The van der Waals surface area contributed by atoms with Crippen molar-refractivity contribution in [3.63, 3.8) is 0 Å². The summed E-state index contributed by atoms with van der Waals surface area (Å²) in [4.78, 5) is 0. The van der Waals surface area contributed by atoms with Crippen LogP contribution in [0.1, 0.15) is 12.6 Å². The van der Waals surface area contributed by atoms with E-state index in [9.17, 15) is 8.78 Å². The first-order chi connectivity index (χ1) is 8.48. The lowest BCUT2D eigenvalue weighted by Crippen LogP contribution is -2.18. The molecule has 0 saturated heterocycles. The molecule has 0 bridgehead atoms. The zero-order chi connectivity index (χ0) is 13.2. The Kier molecular flexibility index (Phi) is 3.29. The Bertz CT molecular complexity index is 535. The van der Waals surface area contributed by atoms with Gasteiger partial charge in [-0.1, -0.05) is 17.3 Å². The third-order valence-electron chi connectivity index (χ3n) is 2.18. The number of nitrogens with two attached hydrogens (primary N) is 1. The van der Waals surface area contributed by atoms with E-state index in [-0.39, 0.29) is 12.3 Å². The number of ether oxygens (including phenoxy) is 1. The molecule has 1 heterocycles. The van der Waals surface area contributed by atoms with Gasteiger partial charge in [0.2, 0.25) is 0 Å². The summed E-state index contributed by atoms with van der Waals surface area (Å²) >= 11 is 0. The third-order valence-corrected chi connectivity index (χ3v) is 2.18. The van der Waals surface area contributed by atoms with Gasteiger partial charge in [-0.25, -0.2) is 0 Å². The number of benzene rings is 1. The number of nitrogens with zero attached hydrogens (tertiary/aromatic N) is 1. The van der Waals surface area contributed by atoms with Crippen molar-refractivity contribution in [1.29, 1.82) is 0 Å². The van der Waals surface area contributed by atoms with Crippen LogP contribution in [0.25, 0.3) is 11.3 Å². The fourth-order valence-electron chi connectivity index (χ4n) is 1.46. The normalized spacial score (nSPS) is 11.6. The van der Waals surface area contributed by atoms with Crippen LogP contribution in [-0.2, 0) is 6.54 Å². The van der Waals surface area contributed by atoms with Crippen molar-refractivity contribution in [2.45, 2.75) is 19.6 Å². The molecular weight excluding hydrogens is 242 g/mol. The summed E-state index contributed by atoms with van der Waals surface area (Å²) in [5, 5.41) is 3.73. The average molecular weight is 254 g/mol. The number of alkyl halides is 2. The Morgan fingerprint density at radius 1 is 1.39 bits per heavy atom. The van der Waals surface area contributed by atoms with Crippen molar-refractivity contribution in [1.82, 2.24) is 5.16 Å². The lowest BCUT2D eigenvalue weighted by molar-refractivity contribution is -0.158. The fraction of sp³-hybridized carbons (Fsp3) is 0.250. The zero-order valence-electron chi connectivity index (χ0n) is 9.69. The highest BCUT2D eigenvalue weighted by Crippen LogP contribution is 2.27. The molecule has 2 aromatic rings. The molecule has 0 aliphatic carbocycles. The predicted molar refractivity (Wildman–Crippen MR) is 61.1 cm³/mol. The van der Waals surface area contributed by atoms with E-state index in [1.165, 1.54) is 12.1 Å². The summed E-state index contributed by atoms with van der Waals surface area (Å²) in [6, 6.07) is 7.87. The van der Waals surface area contributed by atoms with Gasteiger partial charge in [0.25, 0.3) is 0 Å². The predicted octanol–water partition coefficient (Wildman–Crippen LogP) is 2.79. The minimum absolute atomic E-state index is 0.0608. The van der Waals surface area contributed by atoms with E-state index < -0.39 is 6.11 Å². The van der Waals surface area contributed by atoms with Crippen LogP contribution in [0.15, 0.2) is 34.9 Å². The van der Waals surface area contributed by atoms with Crippen LogP contribution in [0.5, 0.6) is 5.75 Å². The van der Waals surface area contributed by atoms with Gasteiger partial charge in [-0.05, 0) is 12.1 Å². The maximum atomic E-state index is 12.7. The Hall–Kier alpha value is -1.95. The van der Waals surface area contributed by atoms with E-state index >= 15 is 0 Å². The second-order valence-electron chi connectivity index (χ2n) is 3.82. The molecule has 0 unspecified atom stereocenters. The van der Waals surface area contributed by atoms with Gasteiger partial charge in [0, 0.05) is 25.1 Å². The Morgan fingerprint density at radius 3 is 2.78 bits per heavy atom. The van der Waals surface area contributed by atoms with E-state index in [1.54, 1.807) is 18.2 Å². The molecule has 0 amide bonds. The molecule has 0 spiro atoms. The van der Waals surface area contributed by atoms with Crippen LogP contribution in [0.3, 0.4) is 0 Å². The second kappa shape index (κ2) is 4.73. The van der Waals surface area contributed by atoms with Crippen molar-refractivity contribution in [3.8, 4) is 17.1 Å². The number of hydrogen-bond acceptors (Lipinski definition) is 4. The van der Waals surface area contributed by atoms with Gasteiger partial charge >= 0.3 is 6.11 Å². The first-order valence-corrected chi connectivity index (χ1v) is 5.31. The maximum absolute atomic E-state index is 12.7. The van der Waals surface area contributed by atoms with Crippen LogP contribution in [0.2, 0.25) is 0 Å². The van der Waals surface area contributed by atoms with Crippen LogP contribution in [0.4, 0.5) is 8.78 Å². The molecule has 96 valence electrons. The summed E-state index contributed by atoms with van der Waals surface area (Å²) < 4.78 is 35.0. The SMILES string of the molecule is CC(F)(F)Oc1cccc(-c2cc(CN)no2)c1. The highest BCUT2D eigenvalue weighted by Gasteiger charge is 2.23. The molecule has 0 fully saturated rings. The molecule has 0 aliphatic rings. The molecule has 4 nitrogen and oxygen atoms in total. The van der Waals surface area contributed by atoms with E-state index in [2.05, 4.69) is 9.89 Å². The van der Waals surface area contributed by atoms with Crippen molar-refractivity contribution in [3.05, 3.63) is 36.0 Å². The standard InChI is InChI=1S/C12H12F2N2O2/c1-12(13,14)17-10-4-2-3-8(5-10)11-6-9(7-15)16-18-11/h2-6H,7,15H2,1H3. The van der Waals surface area contributed by atoms with Crippen molar-refractivity contribution in [2.24, 2.45) is 5.73 Å². The molecule has 0 atom stereocenters. The molecule has 2 N–H and O–H groups in total. The van der Waals surface area contributed by atoms with Crippen molar-refractivity contribution < 1.29 is 18.0 Å². The molecular formula is C12H12F2N2O2. The second-order valence-corrected chi connectivity index (χ2v) is 3.82. The zero-order valence-corrected chi connectivity index (χ0v) is 9.69. The lowest BCUT2D eigenvalue weighted by atomic mass is 10.1. The molecule has 1 aromatic carbocycles. The van der Waals surface area contributed by atoms with Crippen LogP contribution in [0, 0.1) is 0 Å². The molecule has 18 heavy (non-hydrogen) atoms. The first-order valence-electron chi connectivity index (χ1n) is 5.31. The van der Waals surface area contributed by atoms with E-state index in [0.717, 1.165) is 0 Å². The highest BCUT2D eigenvalue weighted by atomic mass is 19.3. The summed E-state index contributed by atoms with van der Waals surface area (Å²) in [6.45, 7) is 0.938. The van der Waals surface area contributed by atoms with Gasteiger partial charge in [-0.3, -0.25) is 0 Å². The summed E-state index contributed by atoms with van der Waals surface area (Å²) in [7, 11) is 0. The van der Waals surface area contributed by atoms with Gasteiger partial charge in [0.15, 0.2) is 5.76 Å². The average Bonchev–Trinajstić information content (AvgIpc) is 2.75. The van der Waals surface area contributed by atoms with Gasteiger partial charge in [0.1, 0.15) is 5.75 Å². The van der Waals surface area contributed by atoms with Crippen molar-refractivity contribution in [2.75, 3.05) is 0 Å². The largest absolute Gasteiger partial charge is 0.433 e. The molecule has 1 aromatic heterocycles. The Labute approximate surface area is 102 Å². The summed E-state index contributed by atoms with van der Waals surface area (Å²) in [5.41, 5.74) is 6.60. The molecule has 0 radical (unpaired) electrons. The molecule has 0 aliphatic heterocycles. The smallest absolute Gasteiger partial charge is 0.394 e. The van der Waals surface area contributed by atoms with Crippen LogP contribution >= 0.6 is 0 Å². The number of halogens is 2.